The van der Waals surface area contributed by atoms with Crippen molar-refractivity contribution >= 4 is 17.9 Å². The number of ether oxygens (including phenoxy) is 1. The molecule has 0 atom stereocenters. The van der Waals surface area contributed by atoms with Crippen LogP contribution in [0.3, 0.4) is 0 Å². The molecule has 2 heterocycles. The van der Waals surface area contributed by atoms with Crippen LogP contribution in [-0.4, -0.2) is 28.2 Å². The zero-order valence-electron chi connectivity index (χ0n) is 9.35. The molecule has 2 aromatic heterocycles. The molecule has 0 fully saturated rings. The van der Waals surface area contributed by atoms with Gasteiger partial charge in [-0.15, -0.1) is 0 Å². The van der Waals surface area contributed by atoms with Crippen LogP contribution in [0.2, 0.25) is 5.15 Å². The van der Waals surface area contributed by atoms with E-state index in [-0.39, 0.29) is 0 Å². The normalized spacial score (nSPS) is 10.3. The van der Waals surface area contributed by atoms with E-state index in [1.165, 1.54) is 4.68 Å². The number of aryl methyl sites for hydroxylation is 1. The molecule has 0 N–H and O–H groups in total. The summed E-state index contributed by atoms with van der Waals surface area (Å²) in [5, 5.41) is 4.46. The molecule has 17 heavy (non-hydrogen) atoms. The highest BCUT2D eigenvalue weighted by Gasteiger charge is 2.16. The maximum Gasteiger partial charge on any atom is 0.155 e. The Morgan fingerprint density at radius 1 is 1.47 bits per heavy atom. The average molecular weight is 252 g/mol. The Bertz CT molecular complexity index is 549. The second-order valence-electron chi connectivity index (χ2n) is 3.38. The Morgan fingerprint density at radius 3 is 2.76 bits per heavy atom. The van der Waals surface area contributed by atoms with Gasteiger partial charge in [-0.25, -0.2) is 0 Å². The molecule has 0 unspecified atom stereocenters. The van der Waals surface area contributed by atoms with Crippen molar-refractivity contribution in [2.24, 2.45) is 7.05 Å². The van der Waals surface area contributed by atoms with Gasteiger partial charge in [-0.3, -0.25) is 14.5 Å². The molecule has 88 valence electrons. The number of nitrogens with zero attached hydrogens (tertiary/aromatic N) is 3. The lowest BCUT2D eigenvalue weighted by molar-refractivity contribution is 0.112. The third kappa shape index (κ3) is 2.01. The van der Waals surface area contributed by atoms with E-state index >= 15 is 0 Å². The predicted octanol–water partition coefficient (Wildman–Crippen LogP) is 1.96. The quantitative estimate of drug-likeness (QED) is 0.783. The van der Waals surface area contributed by atoms with Crippen molar-refractivity contribution in [1.82, 2.24) is 14.8 Å². The lowest BCUT2D eigenvalue weighted by Gasteiger charge is -2.00. The largest absolute Gasteiger partial charge is 0.495 e. The SMILES string of the molecule is COc1ccc(-c2nn(C)c(Cl)c2C=O)nc1. The van der Waals surface area contributed by atoms with Gasteiger partial charge in [-0.05, 0) is 12.1 Å². The summed E-state index contributed by atoms with van der Waals surface area (Å²) >= 11 is 5.94. The molecule has 0 aromatic carbocycles. The van der Waals surface area contributed by atoms with Crippen molar-refractivity contribution in [3.63, 3.8) is 0 Å². The number of carbonyl (C=O) groups excluding carboxylic acids is 1. The maximum absolute atomic E-state index is 11.0. The zero-order chi connectivity index (χ0) is 12.4. The summed E-state index contributed by atoms with van der Waals surface area (Å²) in [4.78, 5) is 15.1. The first-order chi connectivity index (χ1) is 8.17. The second-order valence-corrected chi connectivity index (χ2v) is 3.74. The Kier molecular flexibility index (Phi) is 3.10. The van der Waals surface area contributed by atoms with Gasteiger partial charge in [0.15, 0.2) is 6.29 Å². The minimum atomic E-state index is 0.299. The highest BCUT2D eigenvalue weighted by Crippen LogP contribution is 2.26. The second kappa shape index (κ2) is 4.55. The summed E-state index contributed by atoms with van der Waals surface area (Å²) in [7, 11) is 3.23. The number of aldehydes is 1. The average Bonchev–Trinajstić information content (AvgIpc) is 2.65. The molecule has 2 aromatic rings. The zero-order valence-corrected chi connectivity index (χ0v) is 10.1. The minimum Gasteiger partial charge on any atom is -0.495 e. The molecule has 0 saturated carbocycles. The maximum atomic E-state index is 11.0. The predicted molar refractivity (Wildman–Crippen MR) is 63.4 cm³/mol. The molecule has 0 saturated heterocycles. The molecule has 0 radical (unpaired) electrons. The number of halogens is 1. The van der Waals surface area contributed by atoms with Crippen LogP contribution < -0.4 is 4.74 Å². The van der Waals surface area contributed by atoms with E-state index in [0.717, 1.165) is 0 Å². The van der Waals surface area contributed by atoms with Crippen molar-refractivity contribution in [1.29, 1.82) is 0 Å². The first-order valence-electron chi connectivity index (χ1n) is 4.85. The van der Waals surface area contributed by atoms with Crippen molar-refractivity contribution < 1.29 is 9.53 Å². The molecular weight excluding hydrogens is 242 g/mol. The Morgan fingerprint density at radius 2 is 2.24 bits per heavy atom. The molecule has 0 spiro atoms. The van der Waals surface area contributed by atoms with Crippen molar-refractivity contribution in [2.45, 2.75) is 0 Å². The van der Waals surface area contributed by atoms with Gasteiger partial charge in [0.25, 0.3) is 0 Å². The molecule has 6 heteroatoms. The Labute approximate surface area is 103 Å². The monoisotopic (exact) mass is 251 g/mol. The number of pyridine rings is 1. The first kappa shape index (κ1) is 11.6. The van der Waals surface area contributed by atoms with Crippen LogP contribution in [0.1, 0.15) is 10.4 Å². The molecular formula is C11H10ClN3O2. The van der Waals surface area contributed by atoms with Crippen molar-refractivity contribution in [3.8, 4) is 17.1 Å². The lowest BCUT2D eigenvalue weighted by atomic mass is 10.2. The topological polar surface area (TPSA) is 57.0 Å². The van der Waals surface area contributed by atoms with Gasteiger partial charge < -0.3 is 4.74 Å². The Balaban J connectivity index is 2.52. The molecule has 0 bridgehead atoms. The van der Waals surface area contributed by atoms with E-state index in [9.17, 15) is 4.79 Å². The van der Waals surface area contributed by atoms with E-state index in [0.29, 0.717) is 34.1 Å². The third-order valence-electron chi connectivity index (χ3n) is 2.34. The van der Waals surface area contributed by atoms with Crippen LogP contribution in [0.25, 0.3) is 11.4 Å². The summed E-state index contributed by atoms with van der Waals surface area (Å²) < 4.78 is 6.44. The van der Waals surface area contributed by atoms with Crippen LogP contribution in [0.15, 0.2) is 18.3 Å². The molecule has 2 rings (SSSR count). The lowest BCUT2D eigenvalue weighted by Crippen LogP contribution is -1.91. The van der Waals surface area contributed by atoms with Crippen LogP contribution in [0, 0.1) is 0 Å². The number of carbonyl (C=O) groups is 1. The van der Waals surface area contributed by atoms with Crippen molar-refractivity contribution in [2.75, 3.05) is 7.11 Å². The minimum absolute atomic E-state index is 0.299. The fraction of sp³-hybridized carbons (Fsp3) is 0.182. The number of hydrogen-bond acceptors (Lipinski definition) is 4. The van der Waals surface area contributed by atoms with Gasteiger partial charge in [-0.2, -0.15) is 5.10 Å². The fourth-order valence-electron chi connectivity index (χ4n) is 1.45. The highest BCUT2D eigenvalue weighted by atomic mass is 35.5. The number of hydrogen-bond donors (Lipinski definition) is 0. The number of aromatic nitrogens is 3. The van der Waals surface area contributed by atoms with Gasteiger partial charge in [0.1, 0.15) is 16.6 Å². The Hall–Kier alpha value is -1.88. The van der Waals surface area contributed by atoms with E-state index in [1.54, 1.807) is 32.5 Å². The van der Waals surface area contributed by atoms with Gasteiger partial charge in [0.05, 0.1) is 24.6 Å². The number of methoxy groups -OCH3 is 1. The smallest absolute Gasteiger partial charge is 0.155 e. The van der Waals surface area contributed by atoms with Gasteiger partial charge >= 0.3 is 0 Å². The summed E-state index contributed by atoms with van der Waals surface area (Å²) in [5.74, 6) is 0.642. The summed E-state index contributed by atoms with van der Waals surface area (Å²) in [6.45, 7) is 0. The van der Waals surface area contributed by atoms with E-state index < -0.39 is 0 Å². The number of rotatable bonds is 3. The van der Waals surface area contributed by atoms with Crippen LogP contribution in [0.5, 0.6) is 5.75 Å². The first-order valence-corrected chi connectivity index (χ1v) is 5.23. The molecule has 5 nitrogen and oxygen atoms in total. The van der Waals surface area contributed by atoms with Gasteiger partial charge in [0.2, 0.25) is 0 Å². The molecule has 0 aliphatic heterocycles. The van der Waals surface area contributed by atoms with Crippen LogP contribution in [-0.2, 0) is 7.05 Å². The summed E-state index contributed by atoms with van der Waals surface area (Å²) in [6.07, 6.45) is 2.24. The molecule has 0 amide bonds. The van der Waals surface area contributed by atoms with Crippen LogP contribution >= 0.6 is 11.6 Å². The summed E-state index contributed by atoms with van der Waals surface area (Å²) in [6, 6.07) is 3.48. The fourth-order valence-corrected chi connectivity index (χ4v) is 1.63. The van der Waals surface area contributed by atoms with Gasteiger partial charge in [-0.1, -0.05) is 11.6 Å². The summed E-state index contributed by atoms with van der Waals surface area (Å²) in [5.41, 5.74) is 1.39. The molecule has 0 aliphatic rings. The standard InChI is InChI=1S/C11H10ClN3O2/c1-15-11(12)8(6-16)10(14-15)9-4-3-7(17-2)5-13-9/h3-6H,1-2H3. The molecule has 0 aliphatic carbocycles. The van der Waals surface area contributed by atoms with E-state index in [4.69, 9.17) is 16.3 Å². The van der Waals surface area contributed by atoms with Crippen molar-refractivity contribution in [3.05, 3.63) is 29.0 Å². The van der Waals surface area contributed by atoms with Gasteiger partial charge in [0, 0.05) is 7.05 Å². The van der Waals surface area contributed by atoms with E-state index in [1.807, 2.05) is 0 Å². The van der Waals surface area contributed by atoms with Crippen LogP contribution in [0.4, 0.5) is 0 Å². The van der Waals surface area contributed by atoms with E-state index in [2.05, 4.69) is 10.1 Å². The highest BCUT2D eigenvalue weighted by molar-refractivity contribution is 6.32. The third-order valence-corrected chi connectivity index (χ3v) is 2.79.